The Labute approximate surface area is 150 Å². The average molecular weight is 346 g/mol. The highest BCUT2D eigenvalue weighted by Gasteiger charge is 2.25. The SMILES string of the molecule is CNC(=O)C1CCN(CC(=O)N(C)Cc2ccc(N(C)C)cc2)CC1. The highest BCUT2D eigenvalue weighted by molar-refractivity contribution is 5.79. The summed E-state index contributed by atoms with van der Waals surface area (Å²) < 4.78 is 0. The summed E-state index contributed by atoms with van der Waals surface area (Å²) in [5, 5.41) is 2.71. The van der Waals surface area contributed by atoms with Crippen molar-refractivity contribution in [1.29, 1.82) is 0 Å². The van der Waals surface area contributed by atoms with Gasteiger partial charge in [-0.05, 0) is 43.6 Å². The highest BCUT2D eigenvalue weighted by Crippen LogP contribution is 2.17. The zero-order valence-electron chi connectivity index (χ0n) is 15.8. The predicted molar refractivity (Wildman–Crippen MR) is 100 cm³/mol. The molecule has 0 aliphatic carbocycles. The largest absolute Gasteiger partial charge is 0.378 e. The second-order valence-electron chi connectivity index (χ2n) is 6.98. The quantitative estimate of drug-likeness (QED) is 0.840. The summed E-state index contributed by atoms with van der Waals surface area (Å²) in [5.74, 6) is 0.323. The fraction of sp³-hybridized carbons (Fsp3) is 0.579. The Kier molecular flexibility index (Phi) is 6.82. The second kappa shape index (κ2) is 8.85. The molecule has 1 heterocycles. The third kappa shape index (κ3) is 5.46. The van der Waals surface area contributed by atoms with E-state index in [-0.39, 0.29) is 17.7 Å². The molecule has 0 atom stereocenters. The normalized spacial score (nSPS) is 15.7. The maximum atomic E-state index is 12.5. The van der Waals surface area contributed by atoms with Crippen LogP contribution in [0.1, 0.15) is 18.4 Å². The Bertz CT molecular complexity index is 578. The lowest BCUT2D eigenvalue weighted by molar-refractivity contribution is -0.132. The number of nitrogens with zero attached hydrogens (tertiary/aromatic N) is 3. The molecule has 1 aliphatic heterocycles. The molecular weight excluding hydrogens is 316 g/mol. The lowest BCUT2D eigenvalue weighted by atomic mass is 9.96. The van der Waals surface area contributed by atoms with E-state index in [2.05, 4.69) is 39.4 Å². The molecule has 1 fully saturated rings. The van der Waals surface area contributed by atoms with Gasteiger partial charge in [-0.15, -0.1) is 0 Å². The second-order valence-corrected chi connectivity index (χ2v) is 6.98. The molecule has 25 heavy (non-hydrogen) atoms. The molecule has 0 radical (unpaired) electrons. The van der Waals surface area contributed by atoms with Gasteiger partial charge in [-0.25, -0.2) is 0 Å². The molecule has 1 N–H and O–H groups in total. The van der Waals surface area contributed by atoms with Crippen molar-refractivity contribution in [3.05, 3.63) is 29.8 Å². The topological polar surface area (TPSA) is 55.9 Å². The van der Waals surface area contributed by atoms with Gasteiger partial charge in [0.25, 0.3) is 0 Å². The third-order valence-corrected chi connectivity index (χ3v) is 4.86. The van der Waals surface area contributed by atoms with Crippen molar-refractivity contribution >= 4 is 17.5 Å². The number of piperidine rings is 1. The molecule has 1 aromatic rings. The standard InChI is InChI=1S/C19H30N4O2/c1-20-19(25)16-9-11-23(12-10-16)14-18(24)22(4)13-15-5-7-17(8-6-15)21(2)3/h5-8,16H,9-14H2,1-4H3,(H,20,25). The van der Waals surface area contributed by atoms with Gasteiger partial charge in [0.15, 0.2) is 0 Å². The summed E-state index contributed by atoms with van der Waals surface area (Å²) >= 11 is 0. The Balaban J connectivity index is 1.79. The van der Waals surface area contributed by atoms with E-state index in [1.165, 1.54) is 0 Å². The van der Waals surface area contributed by atoms with Gasteiger partial charge in [0.1, 0.15) is 0 Å². The van der Waals surface area contributed by atoms with Gasteiger partial charge in [-0.2, -0.15) is 0 Å². The van der Waals surface area contributed by atoms with Crippen LogP contribution in [0.25, 0.3) is 0 Å². The van der Waals surface area contributed by atoms with Crippen LogP contribution in [-0.4, -0.2) is 69.4 Å². The zero-order valence-corrected chi connectivity index (χ0v) is 15.8. The Morgan fingerprint density at radius 2 is 1.72 bits per heavy atom. The van der Waals surface area contributed by atoms with E-state index >= 15 is 0 Å². The van der Waals surface area contributed by atoms with Gasteiger partial charge in [0, 0.05) is 46.3 Å². The summed E-state index contributed by atoms with van der Waals surface area (Å²) in [4.78, 5) is 30.1. The number of hydrogen-bond acceptors (Lipinski definition) is 4. The summed E-state index contributed by atoms with van der Waals surface area (Å²) in [7, 11) is 7.55. The van der Waals surface area contributed by atoms with Crippen LogP contribution in [0.15, 0.2) is 24.3 Å². The zero-order chi connectivity index (χ0) is 18.4. The van der Waals surface area contributed by atoms with Crippen molar-refractivity contribution in [2.75, 3.05) is 52.7 Å². The van der Waals surface area contributed by atoms with Crippen LogP contribution in [0.4, 0.5) is 5.69 Å². The number of benzene rings is 1. The number of anilines is 1. The molecule has 0 aromatic heterocycles. The monoisotopic (exact) mass is 346 g/mol. The number of carbonyl (C=O) groups excluding carboxylic acids is 2. The minimum Gasteiger partial charge on any atom is -0.378 e. The van der Waals surface area contributed by atoms with Crippen LogP contribution in [0.5, 0.6) is 0 Å². The van der Waals surface area contributed by atoms with Gasteiger partial charge in [0.05, 0.1) is 6.54 Å². The number of hydrogen-bond donors (Lipinski definition) is 1. The van der Waals surface area contributed by atoms with E-state index in [0.717, 1.165) is 37.2 Å². The molecule has 2 amide bonds. The summed E-state index contributed by atoms with van der Waals surface area (Å²) in [5.41, 5.74) is 2.27. The molecule has 0 spiro atoms. The first-order chi connectivity index (χ1) is 11.9. The highest BCUT2D eigenvalue weighted by atomic mass is 16.2. The first-order valence-electron chi connectivity index (χ1n) is 8.85. The molecule has 2 rings (SSSR count). The Morgan fingerprint density at radius 1 is 1.12 bits per heavy atom. The molecule has 1 aliphatic rings. The fourth-order valence-corrected chi connectivity index (χ4v) is 3.13. The lowest BCUT2D eigenvalue weighted by Crippen LogP contribution is -2.44. The number of nitrogens with one attached hydrogen (secondary N) is 1. The summed E-state index contributed by atoms with van der Waals surface area (Å²) in [6.07, 6.45) is 1.64. The molecule has 0 saturated carbocycles. The molecule has 138 valence electrons. The van der Waals surface area contributed by atoms with Gasteiger partial charge in [0.2, 0.25) is 11.8 Å². The molecule has 1 aromatic carbocycles. The number of likely N-dealkylation sites (N-methyl/N-ethyl adjacent to an activating group) is 1. The van der Waals surface area contributed by atoms with E-state index in [1.807, 2.05) is 21.1 Å². The van der Waals surface area contributed by atoms with Crippen LogP contribution in [-0.2, 0) is 16.1 Å². The summed E-state index contributed by atoms with van der Waals surface area (Å²) in [6, 6.07) is 8.26. The first kappa shape index (κ1) is 19.2. The van der Waals surface area contributed by atoms with E-state index in [1.54, 1.807) is 11.9 Å². The van der Waals surface area contributed by atoms with Crippen molar-refractivity contribution in [3.8, 4) is 0 Å². The van der Waals surface area contributed by atoms with Crippen molar-refractivity contribution in [2.45, 2.75) is 19.4 Å². The van der Waals surface area contributed by atoms with E-state index in [9.17, 15) is 9.59 Å². The maximum absolute atomic E-state index is 12.5. The average Bonchev–Trinajstić information content (AvgIpc) is 2.62. The Hall–Kier alpha value is -2.08. The van der Waals surface area contributed by atoms with Crippen LogP contribution in [0.2, 0.25) is 0 Å². The van der Waals surface area contributed by atoms with E-state index in [4.69, 9.17) is 0 Å². The van der Waals surface area contributed by atoms with Crippen LogP contribution in [0, 0.1) is 5.92 Å². The van der Waals surface area contributed by atoms with Gasteiger partial charge < -0.3 is 15.1 Å². The Morgan fingerprint density at radius 3 is 2.24 bits per heavy atom. The van der Waals surface area contributed by atoms with Crippen molar-refractivity contribution in [2.24, 2.45) is 5.92 Å². The fourth-order valence-electron chi connectivity index (χ4n) is 3.13. The molecule has 6 heteroatoms. The third-order valence-electron chi connectivity index (χ3n) is 4.86. The van der Waals surface area contributed by atoms with Gasteiger partial charge >= 0.3 is 0 Å². The first-order valence-corrected chi connectivity index (χ1v) is 8.85. The van der Waals surface area contributed by atoms with E-state index in [0.29, 0.717) is 13.1 Å². The van der Waals surface area contributed by atoms with Crippen LogP contribution >= 0.6 is 0 Å². The molecule has 0 unspecified atom stereocenters. The van der Waals surface area contributed by atoms with Crippen LogP contribution in [0.3, 0.4) is 0 Å². The van der Waals surface area contributed by atoms with Crippen LogP contribution < -0.4 is 10.2 Å². The number of amides is 2. The van der Waals surface area contributed by atoms with Crippen molar-refractivity contribution in [1.82, 2.24) is 15.1 Å². The minimum absolute atomic E-state index is 0.0873. The summed E-state index contributed by atoms with van der Waals surface area (Å²) in [6.45, 7) is 2.64. The molecule has 6 nitrogen and oxygen atoms in total. The predicted octanol–water partition coefficient (Wildman–Crippen LogP) is 1.17. The van der Waals surface area contributed by atoms with E-state index < -0.39 is 0 Å². The van der Waals surface area contributed by atoms with Gasteiger partial charge in [-0.3, -0.25) is 14.5 Å². The maximum Gasteiger partial charge on any atom is 0.236 e. The lowest BCUT2D eigenvalue weighted by Gasteiger charge is -2.31. The smallest absolute Gasteiger partial charge is 0.236 e. The molecular formula is C19H30N4O2. The number of carbonyl (C=O) groups is 2. The van der Waals surface area contributed by atoms with Crippen molar-refractivity contribution < 1.29 is 9.59 Å². The molecule has 1 saturated heterocycles. The van der Waals surface area contributed by atoms with Gasteiger partial charge in [-0.1, -0.05) is 12.1 Å². The number of likely N-dealkylation sites (tertiary alicyclic amines) is 1. The molecule has 0 bridgehead atoms. The minimum atomic E-state index is 0.0873. The number of rotatable bonds is 6. The van der Waals surface area contributed by atoms with Crippen molar-refractivity contribution in [3.63, 3.8) is 0 Å².